The first-order valence-electron chi connectivity index (χ1n) is 4.48. The Morgan fingerprint density at radius 3 is 2.94 bits per heavy atom. The molecular weight excluding hydrogens is 346 g/mol. The van der Waals surface area contributed by atoms with E-state index in [1.807, 2.05) is 21.2 Å². The molecule has 0 N–H and O–H groups in total. The van der Waals surface area contributed by atoms with Gasteiger partial charge in [0.05, 0.1) is 7.11 Å². The summed E-state index contributed by atoms with van der Waals surface area (Å²) in [5.41, 5.74) is 0.452. The summed E-state index contributed by atoms with van der Waals surface area (Å²) in [6.07, 6.45) is 0.468. The number of benzene rings is 1. The molecule has 1 rings (SSSR count). The Hall–Kier alpha value is -0.500. The predicted molar refractivity (Wildman–Crippen MR) is 69.0 cm³/mol. The van der Waals surface area contributed by atoms with Gasteiger partial charge in [0.2, 0.25) is 0 Å². The molecule has 1 aromatic rings. The zero-order valence-electron chi connectivity index (χ0n) is 8.54. The second kappa shape index (κ2) is 6.95. The zero-order chi connectivity index (χ0) is 12.0. The summed E-state index contributed by atoms with van der Waals surface area (Å²) in [5.74, 6) is -0.591. The van der Waals surface area contributed by atoms with E-state index in [9.17, 15) is 9.18 Å². The van der Waals surface area contributed by atoms with Gasteiger partial charge < -0.3 is 8.92 Å². The Kier molecular flexibility index (Phi) is 5.89. The van der Waals surface area contributed by atoms with Gasteiger partial charge in [-0.15, -0.1) is 0 Å². The molecule has 0 saturated heterocycles. The average Bonchev–Trinajstić information content (AvgIpc) is 2.30. The molecule has 0 aliphatic rings. The van der Waals surface area contributed by atoms with E-state index in [1.165, 1.54) is 7.11 Å². The quantitative estimate of drug-likeness (QED) is 0.461. The van der Waals surface area contributed by atoms with Gasteiger partial charge in [0.25, 0.3) is 0 Å². The molecular formula is C10H10FIO3S. The standard InChI is InChI=1S/C10H10FIO3S/c1-14-9(13)6-5-7-3-2-4-8(10(7)11)15-16-12/h2-4H,5-6H2,1H3. The van der Waals surface area contributed by atoms with Gasteiger partial charge in [-0.2, -0.15) is 0 Å². The number of hydrogen-bond acceptors (Lipinski definition) is 4. The van der Waals surface area contributed by atoms with Crippen LogP contribution in [0, 0.1) is 5.82 Å². The lowest BCUT2D eigenvalue weighted by Gasteiger charge is -2.06. The third kappa shape index (κ3) is 3.82. The molecule has 0 saturated carbocycles. The van der Waals surface area contributed by atoms with Crippen molar-refractivity contribution in [1.82, 2.24) is 0 Å². The monoisotopic (exact) mass is 356 g/mol. The van der Waals surface area contributed by atoms with Crippen LogP contribution in [0.15, 0.2) is 18.2 Å². The van der Waals surface area contributed by atoms with Crippen molar-refractivity contribution >= 4 is 36.4 Å². The molecule has 0 aliphatic heterocycles. The maximum atomic E-state index is 13.7. The Labute approximate surface area is 109 Å². The van der Waals surface area contributed by atoms with Crippen molar-refractivity contribution in [2.75, 3.05) is 7.11 Å². The fourth-order valence-corrected chi connectivity index (χ4v) is 1.96. The summed E-state index contributed by atoms with van der Waals surface area (Å²) in [5, 5.41) is 0. The third-order valence-corrected chi connectivity index (χ3v) is 2.77. The Bertz CT molecular complexity index is 373. The number of carbonyl (C=O) groups is 1. The summed E-state index contributed by atoms with van der Waals surface area (Å²) < 4.78 is 23.2. The van der Waals surface area contributed by atoms with Gasteiger partial charge in [-0.1, -0.05) is 12.1 Å². The number of aryl methyl sites for hydroxylation is 1. The molecule has 0 bridgehead atoms. The number of hydrogen-bond donors (Lipinski definition) is 0. The fraction of sp³-hybridized carbons (Fsp3) is 0.300. The molecule has 0 aromatic heterocycles. The molecule has 6 heteroatoms. The van der Waals surface area contributed by atoms with Crippen molar-refractivity contribution in [2.24, 2.45) is 0 Å². The predicted octanol–water partition coefficient (Wildman–Crippen LogP) is 3.31. The molecule has 0 fully saturated rings. The van der Waals surface area contributed by atoms with E-state index in [2.05, 4.69) is 4.74 Å². The number of methoxy groups -OCH3 is 1. The molecule has 1 aromatic carbocycles. The highest BCUT2D eigenvalue weighted by molar-refractivity contribution is 14.2. The average molecular weight is 356 g/mol. The maximum absolute atomic E-state index is 13.7. The number of carbonyl (C=O) groups excluding carboxylic acids is 1. The van der Waals surface area contributed by atoms with Crippen molar-refractivity contribution in [2.45, 2.75) is 12.8 Å². The number of halogens is 2. The Morgan fingerprint density at radius 1 is 1.56 bits per heavy atom. The highest BCUT2D eigenvalue weighted by Gasteiger charge is 2.11. The SMILES string of the molecule is COC(=O)CCc1cccc(OSI)c1F. The topological polar surface area (TPSA) is 35.5 Å². The molecule has 0 amide bonds. The van der Waals surface area contributed by atoms with Gasteiger partial charge in [-0.25, -0.2) is 4.39 Å². The molecule has 88 valence electrons. The van der Waals surface area contributed by atoms with Crippen LogP contribution in [0.3, 0.4) is 0 Å². The molecule has 0 aliphatic carbocycles. The first-order valence-corrected chi connectivity index (χ1v) is 7.77. The summed E-state index contributed by atoms with van der Waals surface area (Å²) in [4.78, 5) is 10.9. The van der Waals surface area contributed by atoms with Crippen molar-refractivity contribution in [3.05, 3.63) is 29.6 Å². The maximum Gasteiger partial charge on any atom is 0.305 e. The van der Waals surface area contributed by atoms with Gasteiger partial charge in [0.15, 0.2) is 11.6 Å². The van der Waals surface area contributed by atoms with Crippen LogP contribution in [0.2, 0.25) is 0 Å². The lowest BCUT2D eigenvalue weighted by atomic mass is 10.1. The molecule has 3 nitrogen and oxygen atoms in total. The Balaban J connectivity index is 2.72. The molecule has 0 heterocycles. The van der Waals surface area contributed by atoms with Gasteiger partial charge in [0.1, 0.15) is 9.21 Å². The summed E-state index contributed by atoms with van der Waals surface area (Å²) in [7, 11) is 2.36. The van der Waals surface area contributed by atoms with Crippen LogP contribution in [-0.2, 0) is 16.0 Å². The van der Waals surface area contributed by atoms with E-state index in [0.717, 1.165) is 9.21 Å². The fourth-order valence-electron chi connectivity index (χ4n) is 1.19. The molecule has 0 unspecified atom stereocenters. The van der Waals surface area contributed by atoms with Crippen LogP contribution in [0.4, 0.5) is 4.39 Å². The van der Waals surface area contributed by atoms with Crippen molar-refractivity contribution in [1.29, 1.82) is 0 Å². The largest absolute Gasteiger partial charge is 0.469 e. The van der Waals surface area contributed by atoms with E-state index in [0.29, 0.717) is 12.0 Å². The zero-order valence-corrected chi connectivity index (χ0v) is 11.5. The second-order valence-corrected chi connectivity index (χ2v) is 4.32. The van der Waals surface area contributed by atoms with E-state index in [-0.39, 0.29) is 18.1 Å². The first kappa shape index (κ1) is 13.6. The smallest absolute Gasteiger partial charge is 0.305 e. The number of rotatable bonds is 5. The molecule has 0 spiro atoms. The minimum absolute atomic E-state index is 0.161. The summed E-state index contributed by atoms with van der Waals surface area (Å²) >= 11 is 1.91. The molecule has 0 atom stereocenters. The normalized spacial score (nSPS) is 9.94. The van der Waals surface area contributed by atoms with Gasteiger partial charge >= 0.3 is 5.97 Å². The highest BCUT2D eigenvalue weighted by Crippen LogP contribution is 2.26. The van der Waals surface area contributed by atoms with E-state index in [4.69, 9.17) is 4.18 Å². The van der Waals surface area contributed by atoms with Crippen LogP contribution >= 0.6 is 30.4 Å². The van der Waals surface area contributed by atoms with Crippen LogP contribution in [0.5, 0.6) is 5.75 Å². The number of ether oxygens (including phenoxy) is 1. The molecule has 0 radical (unpaired) electrons. The lowest BCUT2D eigenvalue weighted by molar-refractivity contribution is -0.140. The Morgan fingerprint density at radius 2 is 2.31 bits per heavy atom. The molecule has 16 heavy (non-hydrogen) atoms. The van der Waals surface area contributed by atoms with Gasteiger partial charge in [0, 0.05) is 27.6 Å². The van der Waals surface area contributed by atoms with Gasteiger partial charge in [-0.05, 0) is 18.1 Å². The first-order chi connectivity index (χ1) is 7.69. The third-order valence-electron chi connectivity index (χ3n) is 1.99. The summed E-state index contributed by atoms with van der Waals surface area (Å²) in [6.45, 7) is 0. The van der Waals surface area contributed by atoms with E-state index in [1.54, 1.807) is 18.2 Å². The lowest BCUT2D eigenvalue weighted by Crippen LogP contribution is -2.03. The van der Waals surface area contributed by atoms with Crippen molar-refractivity contribution in [3.63, 3.8) is 0 Å². The summed E-state index contributed by atoms with van der Waals surface area (Å²) in [6, 6.07) is 4.86. The minimum Gasteiger partial charge on any atom is -0.469 e. The van der Waals surface area contributed by atoms with Crippen LogP contribution in [-0.4, -0.2) is 13.1 Å². The van der Waals surface area contributed by atoms with Crippen molar-refractivity contribution in [3.8, 4) is 5.75 Å². The minimum atomic E-state index is -0.421. The van der Waals surface area contributed by atoms with Crippen molar-refractivity contribution < 1.29 is 18.1 Å². The van der Waals surface area contributed by atoms with Crippen LogP contribution in [0.1, 0.15) is 12.0 Å². The second-order valence-electron chi connectivity index (χ2n) is 2.95. The van der Waals surface area contributed by atoms with Crippen LogP contribution < -0.4 is 4.18 Å². The number of esters is 1. The van der Waals surface area contributed by atoms with Crippen LogP contribution in [0.25, 0.3) is 0 Å². The van der Waals surface area contributed by atoms with E-state index < -0.39 is 5.82 Å². The van der Waals surface area contributed by atoms with E-state index >= 15 is 0 Å². The van der Waals surface area contributed by atoms with Gasteiger partial charge in [-0.3, -0.25) is 4.79 Å². The highest BCUT2D eigenvalue weighted by atomic mass is 127.